The van der Waals surface area contributed by atoms with Gasteiger partial charge in [-0.3, -0.25) is 9.59 Å². The van der Waals surface area contributed by atoms with E-state index in [0.717, 1.165) is 11.6 Å². The molecule has 0 saturated heterocycles. The summed E-state index contributed by atoms with van der Waals surface area (Å²) in [5.74, 6) is -1.55. The highest BCUT2D eigenvalue weighted by Crippen LogP contribution is 2.11. The largest absolute Gasteiger partial charge is 0.368 e. The van der Waals surface area contributed by atoms with Crippen molar-refractivity contribution in [3.63, 3.8) is 0 Å². The number of rotatable bonds is 5. The standard InChI is InChI=1S/C16H15FN2O2/c17-14-8-4-7-13(9-14)16(21)19(11-15(18)20)10-12-5-2-1-3-6-12/h1-9H,10-11H2,(H2,18,20). The van der Waals surface area contributed by atoms with Gasteiger partial charge < -0.3 is 10.6 Å². The monoisotopic (exact) mass is 286 g/mol. The second-order valence-electron chi connectivity index (χ2n) is 4.62. The van der Waals surface area contributed by atoms with Crippen molar-refractivity contribution < 1.29 is 14.0 Å². The highest BCUT2D eigenvalue weighted by Gasteiger charge is 2.18. The maximum atomic E-state index is 13.2. The molecule has 0 saturated carbocycles. The zero-order valence-electron chi connectivity index (χ0n) is 11.3. The first-order valence-corrected chi connectivity index (χ1v) is 6.43. The molecule has 2 aromatic carbocycles. The van der Waals surface area contributed by atoms with E-state index in [-0.39, 0.29) is 18.7 Å². The second kappa shape index (κ2) is 6.65. The average molecular weight is 286 g/mol. The number of nitrogens with zero attached hydrogens (tertiary/aromatic N) is 1. The Morgan fingerprint density at radius 2 is 1.76 bits per heavy atom. The molecule has 2 aromatic rings. The van der Waals surface area contributed by atoms with Gasteiger partial charge in [0.25, 0.3) is 5.91 Å². The maximum Gasteiger partial charge on any atom is 0.254 e. The van der Waals surface area contributed by atoms with E-state index in [2.05, 4.69) is 0 Å². The topological polar surface area (TPSA) is 63.4 Å². The van der Waals surface area contributed by atoms with Crippen molar-refractivity contribution in [3.05, 3.63) is 71.5 Å². The number of amides is 2. The smallest absolute Gasteiger partial charge is 0.254 e. The molecule has 0 heterocycles. The van der Waals surface area contributed by atoms with Gasteiger partial charge in [-0.05, 0) is 23.8 Å². The minimum atomic E-state index is -0.615. The number of primary amides is 1. The van der Waals surface area contributed by atoms with Gasteiger partial charge in [-0.15, -0.1) is 0 Å². The van der Waals surface area contributed by atoms with E-state index in [4.69, 9.17) is 5.73 Å². The van der Waals surface area contributed by atoms with E-state index in [1.54, 1.807) is 0 Å². The molecule has 0 aliphatic heterocycles. The first-order valence-electron chi connectivity index (χ1n) is 6.43. The van der Waals surface area contributed by atoms with E-state index in [0.29, 0.717) is 0 Å². The van der Waals surface area contributed by atoms with Crippen LogP contribution in [0.25, 0.3) is 0 Å². The highest BCUT2D eigenvalue weighted by atomic mass is 19.1. The van der Waals surface area contributed by atoms with Crippen molar-refractivity contribution >= 4 is 11.8 Å². The molecule has 2 amide bonds. The third kappa shape index (κ3) is 4.14. The van der Waals surface area contributed by atoms with Gasteiger partial charge in [0.05, 0.1) is 6.54 Å². The lowest BCUT2D eigenvalue weighted by Crippen LogP contribution is -2.38. The summed E-state index contributed by atoms with van der Waals surface area (Å²) in [5, 5.41) is 0. The summed E-state index contributed by atoms with van der Waals surface area (Å²) in [6, 6.07) is 14.6. The number of carbonyl (C=O) groups excluding carboxylic acids is 2. The van der Waals surface area contributed by atoms with Crippen LogP contribution in [-0.4, -0.2) is 23.3 Å². The number of halogens is 1. The lowest BCUT2D eigenvalue weighted by molar-refractivity contribution is -0.118. The van der Waals surface area contributed by atoms with Crippen LogP contribution in [0.1, 0.15) is 15.9 Å². The normalized spacial score (nSPS) is 10.1. The molecular formula is C16H15FN2O2. The number of hydrogen-bond acceptors (Lipinski definition) is 2. The van der Waals surface area contributed by atoms with Crippen LogP contribution in [0.2, 0.25) is 0 Å². The molecule has 0 fully saturated rings. The molecule has 0 atom stereocenters. The van der Waals surface area contributed by atoms with Crippen LogP contribution < -0.4 is 5.73 Å². The number of hydrogen-bond donors (Lipinski definition) is 1. The Morgan fingerprint density at radius 3 is 2.38 bits per heavy atom. The Kier molecular flexibility index (Phi) is 4.66. The molecule has 0 aliphatic carbocycles. The minimum Gasteiger partial charge on any atom is -0.368 e. The van der Waals surface area contributed by atoms with Crippen molar-refractivity contribution in [1.82, 2.24) is 4.90 Å². The first kappa shape index (κ1) is 14.7. The maximum absolute atomic E-state index is 13.2. The summed E-state index contributed by atoms with van der Waals surface area (Å²) in [6.45, 7) is 0.0172. The van der Waals surface area contributed by atoms with Crippen molar-refractivity contribution in [1.29, 1.82) is 0 Å². The predicted octanol–water partition coefficient (Wildman–Crippen LogP) is 1.95. The minimum absolute atomic E-state index is 0.187. The van der Waals surface area contributed by atoms with Gasteiger partial charge in [0.1, 0.15) is 5.82 Å². The van der Waals surface area contributed by atoms with E-state index in [1.807, 2.05) is 30.3 Å². The SMILES string of the molecule is NC(=O)CN(Cc1ccccc1)C(=O)c1cccc(F)c1. The molecule has 21 heavy (non-hydrogen) atoms. The highest BCUT2D eigenvalue weighted by molar-refractivity contribution is 5.96. The third-order valence-electron chi connectivity index (χ3n) is 2.92. The molecule has 2 rings (SSSR count). The van der Waals surface area contributed by atoms with Crippen LogP contribution in [0.4, 0.5) is 4.39 Å². The number of benzene rings is 2. The fourth-order valence-electron chi connectivity index (χ4n) is 2.00. The first-order chi connectivity index (χ1) is 10.1. The van der Waals surface area contributed by atoms with Gasteiger partial charge in [-0.25, -0.2) is 4.39 Å². The van der Waals surface area contributed by atoms with Crippen LogP contribution in [-0.2, 0) is 11.3 Å². The van der Waals surface area contributed by atoms with Crippen molar-refractivity contribution in [2.75, 3.05) is 6.54 Å². The fraction of sp³-hybridized carbons (Fsp3) is 0.125. The van der Waals surface area contributed by atoms with Crippen LogP contribution in [0, 0.1) is 5.82 Å². The van der Waals surface area contributed by atoms with Gasteiger partial charge >= 0.3 is 0 Å². The lowest BCUT2D eigenvalue weighted by atomic mass is 10.1. The van der Waals surface area contributed by atoms with Crippen molar-refractivity contribution in [2.45, 2.75) is 6.54 Å². The van der Waals surface area contributed by atoms with Gasteiger partial charge in [-0.2, -0.15) is 0 Å². The van der Waals surface area contributed by atoms with E-state index in [9.17, 15) is 14.0 Å². The van der Waals surface area contributed by atoms with E-state index in [1.165, 1.54) is 23.1 Å². The quantitative estimate of drug-likeness (QED) is 0.913. The molecule has 0 radical (unpaired) electrons. The summed E-state index contributed by atoms with van der Waals surface area (Å²) in [5.41, 5.74) is 6.24. The van der Waals surface area contributed by atoms with Crippen LogP contribution in [0.15, 0.2) is 54.6 Å². The molecular weight excluding hydrogens is 271 g/mol. The fourth-order valence-corrected chi connectivity index (χ4v) is 2.00. The summed E-state index contributed by atoms with van der Waals surface area (Å²) >= 11 is 0. The second-order valence-corrected chi connectivity index (χ2v) is 4.62. The van der Waals surface area contributed by atoms with Crippen LogP contribution in [0.5, 0.6) is 0 Å². The Bertz CT molecular complexity index is 644. The van der Waals surface area contributed by atoms with Gasteiger partial charge in [0.15, 0.2) is 0 Å². The van der Waals surface area contributed by atoms with Crippen molar-refractivity contribution in [2.24, 2.45) is 5.73 Å². The lowest BCUT2D eigenvalue weighted by Gasteiger charge is -2.21. The number of carbonyl (C=O) groups is 2. The van der Waals surface area contributed by atoms with Crippen LogP contribution in [0.3, 0.4) is 0 Å². The Balaban J connectivity index is 2.23. The van der Waals surface area contributed by atoms with Gasteiger partial charge in [-0.1, -0.05) is 36.4 Å². The Labute approximate surface area is 122 Å². The van der Waals surface area contributed by atoms with E-state index < -0.39 is 17.6 Å². The zero-order valence-corrected chi connectivity index (χ0v) is 11.3. The average Bonchev–Trinajstić information content (AvgIpc) is 2.46. The molecule has 0 unspecified atom stereocenters. The Hall–Kier alpha value is -2.69. The number of nitrogens with two attached hydrogens (primary N) is 1. The Morgan fingerprint density at radius 1 is 1.05 bits per heavy atom. The molecule has 0 aromatic heterocycles. The van der Waals surface area contributed by atoms with Gasteiger partial charge in [0.2, 0.25) is 5.91 Å². The summed E-state index contributed by atoms with van der Waals surface area (Å²) in [7, 11) is 0. The van der Waals surface area contributed by atoms with Gasteiger partial charge in [0, 0.05) is 12.1 Å². The summed E-state index contributed by atoms with van der Waals surface area (Å²) in [4.78, 5) is 24.8. The summed E-state index contributed by atoms with van der Waals surface area (Å²) in [6.07, 6.45) is 0. The molecule has 0 bridgehead atoms. The molecule has 5 heteroatoms. The predicted molar refractivity (Wildman–Crippen MR) is 76.8 cm³/mol. The van der Waals surface area contributed by atoms with E-state index >= 15 is 0 Å². The molecule has 4 nitrogen and oxygen atoms in total. The van der Waals surface area contributed by atoms with Crippen LogP contribution >= 0.6 is 0 Å². The zero-order chi connectivity index (χ0) is 15.2. The molecule has 108 valence electrons. The van der Waals surface area contributed by atoms with Crippen molar-refractivity contribution in [3.8, 4) is 0 Å². The third-order valence-corrected chi connectivity index (χ3v) is 2.92. The summed E-state index contributed by atoms with van der Waals surface area (Å²) < 4.78 is 13.2. The molecule has 0 aliphatic rings. The molecule has 2 N–H and O–H groups in total. The molecule has 0 spiro atoms.